The van der Waals surface area contributed by atoms with Crippen LogP contribution in [0, 0.1) is 0 Å². The second kappa shape index (κ2) is 9.85. The minimum absolute atomic E-state index is 0.0386. The first-order valence-electron chi connectivity index (χ1n) is 9.21. The molecule has 0 saturated heterocycles. The Morgan fingerprint density at radius 2 is 1.64 bits per heavy atom. The number of anilines is 1. The molecule has 0 aromatic heterocycles. The molecule has 4 N–H and O–H groups in total. The quantitative estimate of drug-likeness (QED) is 0.395. The summed E-state index contributed by atoms with van der Waals surface area (Å²) in [6, 6.07) is 24.1. The average Bonchev–Trinajstić information content (AvgIpc) is 2.76. The second-order valence-corrected chi connectivity index (χ2v) is 6.30. The highest BCUT2D eigenvalue weighted by atomic mass is 16.5. The van der Waals surface area contributed by atoms with E-state index in [1.807, 2.05) is 66.7 Å². The summed E-state index contributed by atoms with van der Waals surface area (Å²) in [6.45, 7) is 1.06. The third kappa shape index (κ3) is 4.87. The summed E-state index contributed by atoms with van der Waals surface area (Å²) >= 11 is 0. The molecular formula is C22H23BN2O3. The van der Waals surface area contributed by atoms with Crippen molar-refractivity contribution in [3.63, 3.8) is 0 Å². The van der Waals surface area contributed by atoms with Crippen LogP contribution in [-0.2, 0) is 11.2 Å². The van der Waals surface area contributed by atoms with Crippen molar-refractivity contribution in [3.8, 4) is 0 Å². The van der Waals surface area contributed by atoms with Gasteiger partial charge in [0.1, 0.15) is 0 Å². The molecule has 0 amide bonds. The number of carbonyl (C=O) groups is 1. The van der Waals surface area contributed by atoms with Crippen LogP contribution in [0.15, 0.2) is 78.9 Å². The molecular weight excluding hydrogens is 351 g/mol. The van der Waals surface area contributed by atoms with E-state index < -0.39 is 7.12 Å². The van der Waals surface area contributed by atoms with Crippen molar-refractivity contribution in [2.45, 2.75) is 6.54 Å². The molecule has 0 atom stereocenters. The lowest BCUT2D eigenvalue weighted by atomic mass is 9.76. The standard InChI is InChI=1S/C22H23BN2O3/c24-14-15-28-23(27)20-12-6-4-10-18(20)16-25-21-13-7-5-11-19(21)22(26)17-8-2-1-3-9-17/h1-13,25,27H,14-16,24H2. The van der Waals surface area contributed by atoms with E-state index in [1.54, 1.807) is 12.1 Å². The van der Waals surface area contributed by atoms with Gasteiger partial charge in [-0.3, -0.25) is 4.79 Å². The summed E-state index contributed by atoms with van der Waals surface area (Å²) in [6.07, 6.45) is 0. The third-order valence-corrected chi connectivity index (χ3v) is 4.39. The lowest BCUT2D eigenvalue weighted by molar-refractivity contribution is 0.103. The van der Waals surface area contributed by atoms with Crippen molar-refractivity contribution >= 4 is 24.1 Å². The van der Waals surface area contributed by atoms with Gasteiger partial charge in [0.15, 0.2) is 5.78 Å². The van der Waals surface area contributed by atoms with Gasteiger partial charge in [0.25, 0.3) is 0 Å². The van der Waals surface area contributed by atoms with E-state index in [9.17, 15) is 9.82 Å². The van der Waals surface area contributed by atoms with Crippen molar-refractivity contribution in [1.82, 2.24) is 0 Å². The summed E-state index contributed by atoms with van der Waals surface area (Å²) in [5.41, 5.74) is 8.98. The molecule has 5 nitrogen and oxygen atoms in total. The highest BCUT2D eigenvalue weighted by Gasteiger charge is 2.20. The van der Waals surface area contributed by atoms with Crippen LogP contribution >= 0.6 is 0 Å². The Labute approximate surface area is 165 Å². The second-order valence-electron chi connectivity index (χ2n) is 6.30. The molecule has 0 heterocycles. The molecule has 142 valence electrons. The van der Waals surface area contributed by atoms with Gasteiger partial charge in [-0.25, -0.2) is 0 Å². The molecule has 0 spiro atoms. The van der Waals surface area contributed by atoms with E-state index in [4.69, 9.17) is 10.4 Å². The third-order valence-electron chi connectivity index (χ3n) is 4.39. The smallest absolute Gasteiger partial charge is 0.423 e. The Balaban J connectivity index is 1.79. The Morgan fingerprint density at radius 3 is 2.43 bits per heavy atom. The molecule has 0 fully saturated rings. The van der Waals surface area contributed by atoms with Crippen molar-refractivity contribution in [3.05, 3.63) is 95.6 Å². The molecule has 0 aliphatic heterocycles. The van der Waals surface area contributed by atoms with E-state index in [-0.39, 0.29) is 12.4 Å². The minimum atomic E-state index is -1.04. The number of benzene rings is 3. The lowest BCUT2D eigenvalue weighted by Gasteiger charge is -2.15. The topological polar surface area (TPSA) is 84.6 Å². The largest absolute Gasteiger partial charge is 0.491 e. The predicted octanol–water partition coefficient (Wildman–Crippen LogP) is 2.19. The molecule has 0 radical (unpaired) electrons. The van der Waals surface area contributed by atoms with E-state index in [0.717, 1.165) is 11.3 Å². The van der Waals surface area contributed by atoms with Crippen LogP contribution < -0.4 is 16.5 Å². The highest BCUT2D eigenvalue weighted by Crippen LogP contribution is 2.20. The van der Waals surface area contributed by atoms with E-state index in [0.29, 0.717) is 29.7 Å². The van der Waals surface area contributed by atoms with E-state index in [2.05, 4.69) is 5.32 Å². The Hall–Kier alpha value is -2.93. The maximum atomic E-state index is 12.9. The van der Waals surface area contributed by atoms with E-state index >= 15 is 0 Å². The van der Waals surface area contributed by atoms with Crippen LogP contribution in [0.25, 0.3) is 0 Å². The van der Waals surface area contributed by atoms with Gasteiger partial charge in [0.05, 0.1) is 0 Å². The maximum Gasteiger partial charge on any atom is 0.491 e. The SMILES string of the molecule is NCCOB(O)c1ccccc1CNc1ccccc1C(=O)c1ccccc1. The first kappa shape index (κ1) is 19.8. The van der Waals surface area contributed by atoms with Crippen LogP contribution in [0.2, 0.25) is 0 Å². The molecule has 0 bridgehead atoms. The summed E-state index contributed by atoms with van der Waals surface area (Å²) < 4.78 is 5.34. The van der Waals surface area contributed by atoms with Crippen molar-refractivity contribution in [1.29, 1.82) is 0 Å². The van der Waals surface area contributed by atoms with Gasteiger partial charge in [-0.1, -0.05) is 66.7 Å². The molecule has 6 heteroatoms. The molecule has 3 aromatic carbocycles. The Morgan fingerprint density at radius 1 is 0.964 bits per heavy atom. The summed E-state index contributed by atoms with van der Waals surface area (Å²) in [4.78, 5) is 12.9. The van der Waals surface area contributed by atoms with Crippen LogP contribution in [0.3, 0.4) is 0 Å². The zero-order chi connectivity index (χ0) is 19.8. The first-order chi connectivity index (χ1) is 13.7. The number of nitrogens with one attached hydrogen (secondary N) is 1. The first-order valence-corrected chi connectivity index (χ1v) is 9.21. The molecule has 0 aliphatic rings. The van der Waals surface area contributed by atoms with Crippen molar-refractivity contribution in [2.24, 2.45) is 5.73 Å². The Bertz CT molecular complexity index is 918. The highest BCUT2D eigenvalue weighted by molar-refractivity contribution is 6.60. The molecule has 3 aromatic rings. The van der Waals surface area contributed by atoms with Gasteiger partial charge in [0, 0.05) is 36.5 Å². The van der Waals surface area contributed by atoms with Crippen LogP contribution in [0.4, 0.5) is 5.69 Å². The van der Waals surface area contributed by atoms with Crippen molar-refractivity contribution < 1.29 is 14.5 Å². The van der Waals surface area contributed by atoms with Crippen LogP contribution in [0.5, 0.6) is 0 Å². The predicted molar refractivity (Wildman–Crippen MR) is 113 cm³/mol. The number of rotatable bonds is 9. The van der Waals surface area contributed by atoms with E-state index in [1.165, 1.54) is 0 Å². The number of ketones is 1. The number of hydrogen-bond donors (Lipinski definition) is 3. The summed E-state index contributed by atoms with van der Waals surface area (Å²) in [5, 5.41) is 13.6. The Kier molecular flexibility index (Phi) is 6.97. The molecule has 0 aliphatic carbocycles. The lowest BCUT2D eigenvalue weighted by Crippen LogP contribution is -2.38. The van der Waals surface area contributed by atoms with Gasteiger partial charge >= 0.3 is 7.12 Å². The molecule has 3 rings (SSSR count). The fourth-order valence-electron chi connectivity index (χ4n) is 2.98. The number of carbonyl (C=O) groups excluding carboxylic acids is 1. The molecule has 0 unspecified atom stereocenters. The molecule has 28 heavy (non-hydrogen) atoms. The van der Waals surface area contributed by atoms with Crippen LogP contribution in [-0.4, -0.2) is 31.1 Å². The maximum absolute atomic E-state index is 12.9. The normalized spacial score (nSPS) is 10.5. The zero-order valence-corrected chi connectivity index (χ0v) is 15.5. The number of nitrogens with two attached hydrogens (primary N) is 1. The zero-order valence-electron chi connectivity index (χ0n) is 15.5. The van der Waals surface area contributed by atoms with Gasteiger partial charge in [-0.2, -0.15) is 0 Å². The number of hydrogen-bond acceptors (Lipinski definition) is 5. The minimum Gasteiger partial charge on any atom is -0.423 e. The summed E-state index contributed by atoms with van der Waals surface area (Å²) in [7, 11) is -1.04. The monoisotopic (exact) mass is 374 g/mol. The van der Waals surface area contributed by atoms with Gasteiger partial charge in [-0.15, -0.1) is 0 Å². The van der Waals surface area contributed by atoms with Gasteiger partial charge < -0.3 is 20.7 Å². The van der Waals surface area contributed by atoms with Crippen LogP contribution in [0.1, 0.15) is 21.5 Å². The fourth-order valence-corrected chi connectivity index (χ4v) is 2.98. The molecule has 0 saturated carbocycles. The summed E-state index contributed by atoms with van der Waals surface area (Å²) in [5.74, 6) is -0.0386. The van der Waals surface area contributed by atoms with Crippen molar-refractivity contribution in [2.75, 3.05) is 18.5 Å². The van der Waals surface area contributed by atoms with Gasteiger partial charge in [-0.05, 0) is 23.2 Å². The average molecular weight is 374 g/mol. The number of para-hydroxylation sites is 1. The fraction of sp³-hybridized carbons (Fsp3) is 0.136. The van der Waals surface area contributed by atoms with Gasteiger partial charge in [0.2, 0.25) is 0 Å².